The molecule has 0 spiro atoms. The summed E-state index contributed by atoms with van der Waals surface area (Å²) in [5.41, 5.74) is -0.0994. The summed E-state index contributed by atoms with van der Waals surface area (Å²) in [4.78, 5) is 0. The van der Waals surface area contributed by atoms with Crippen molar-refractivity contribution < 1.29 is 9.47 Å². The van der Waals surface area contributed by atoms with E-state index in [1.807, 2.05) is 13.8 Å². The van der Waals surface area contributed by atoms with Crippen molar-refractivity contribution >= 4 is 0 Å². The Morgan fingerprint density at radius 1 is 1.07 bits per heavy atom. The van der Waals surface area contributed by atoms with Crippen LogP contribution in [0.3, 0.4) is 0 Å². The van der Waals surface area contributed by atoms with Gasteiger partial charge in [-0.2, -0.15) is 0 Å². The van der Waals surface area contributed by atoms with Gasteiger partial charge >= 0.3 is 0 Å². The predicted octanol–water partition coefficient (Wildman–Crippen LogP) is 2.96. The number of hydrogen-bond donors (Lipinski definition) is 0. The highest BCUT2D eigenvalue weighted by Gasteiger charge is 2.81. The van der Waals surface area contributed by atoms with Gasteiger partial charge in [-0.1, -0.05) is 20.3 Å². The highest BCUT2D eigenvalue weighted by Crippen LogP contribution is 2.69. The SMILES string of the molecule is CCC(C)C1C2(C)OC(C)(C)OC12C. The Balaban J connectivity index is 2.18. The molecular formula is C12H22O2. The number of rotatable bonds is 2. The van der Waals surface area contributed by atoms with Crippen LogP contribution in [0.4, 0.5) is 0 Å². The molecule has 0 amide bonds. The average Bonchev–Trinajstić information content (AvgIpc) is 2.33. The molecule has 1 heterocycles. The van der Waals surface area contributed by atoms with Crippen LogP contribution < -0.4 is 0 Å². The van der Waals surface area contributed by atoms with E-state index < -0.39 is 5.79 Å². The summed E-state index contributed by atoms with van der Waals surface area (Å²) in [6.45, 7) is 12.9. The van der Waals surface area contributed by atoms with Crippen LogP contribution in [0.15, 0.2) is 0 Å². The topological polar surface area (TPSA) is 18.5 Å². The van der Waals surface area contributed by atoms with Gasteiger partial charge in [0, 0.05) is 5.92 Å². The lowest BCUT2D eigenvalue weighted by Gasteiger charge is -2.27. The maximum absolute atomic E-state index is 6.03. The van der Waals surface area contributed by atoms with Crippen LogP contribution in [-0.2, 0) is 9.47 Å². The van der Waals surface area contributed by atoms with Crippen molar-refractivity contribution in [1.82, 2.24) is 0 Å². The van der Waals surface area contributed by atoms with E-state index >= 15 is 0 Å². The van der Waals surface area contributed by atoms with Gasteiger partial charge in [0.25, 0.3) is 0 Å². The van der Waals surface area contributed by atoms with E-state index in [0.717, 1.165) is 0 Å². The molecule has 3 unspecified atom stereocenters. The van der Waals surface area contributed by atoms with Crippen molar-refractivity contribution in [3.8, 4) is 0 Å². The lowest BCUT2D eigenvalue weighted by Crippen LogP contribution is -2.31. The molecule has 0 N–H and O–H groups in total. The first-order valence-electron chi connectivity index (χ1n) is 5.67. The molecule has 0 aromatic carbocycles. The molecule has 2 heteroatoms. The molecule has 2 nitrogen and oxygen atoms in total. The van der Waals surface area contributed by atoms with Gasteiger partial charge in [-0.3, -0.25) is 0 Å². The van der Waals surface area contributed by atoms with Crippen LogP contribution in [0.5, 0.6) is 0 Å². The van der Waals surface area contributed by atoms with Gasteiger partial charge < -0.3 is 9.47 Å². The smallest absolute Gasteiger partial charge is 0.164 e. The predicted molar refractivity (Wildman–Crippen MR) is 56.0 cm³/mol. The first-order valence-corrected chi connectivity index (χ1v) is 5.67. The van der Waals surface area contributed by atoms with E-state index in [9.17, 15) is 0 Å². The van der Waals surface area contributed by atoms with Crippen molar-refractivity contribution in [3.63, 3.8) is 0 Å². The highest BCUT2D eigenvalue weighted by atomic mass is 16.8. The summed E-state index contributed by atoms with van der Waals surface area (Å²) in [7, 11) is 0. The maximum Gasteiger partial charge on any atom is 0.164 e. The molecule has 1 saturated heterocycles. The first-order chi connectivity index (χ1) is 6.27. The molecule has 2 aliphatic rings. The van der Waals surface area contributed by atoms with Crippen LogP contribution in [0, 0.1) is 11.8 Å². The summed E-state index contributed by atoms with van der Waals surface area (Å²) in [5, 5.41) is 0. The minimum atomic E-state index is -0.395. The van der Waals surface area contributed by atoms with Crippen LogP contribution in [0.2, 0.25) is 0 Å². The molecule has 0 aromatic rings. The first kappa shape index (κ1) is 10.4. The third-order valence-electron chi connectivity index (χ3n) is 4.22. The Hall–Kier alpha value is -0.0800. The van der Waals surface area contributed by atoms with Crippen LogP contribution in [0.1, 0.15) is 48.0 Å². The van der Waals surface area contributed by atoms with Gasteiger partial charge in [0.05, 0.1) is 0 Å². The summed E-state index contributed by atoms with van der Waals surface area (Å²) in [6.07, 6.45) is 1.20. The molecule has 2 rings (SSSR count). The van der Waals surface area contributed by atoms with E-state index in [4.69, 9.17) is 9.47 Å². The number of hydrogen-bond acceptors (Lipinski definition) is 2. The summed E-state index contributed by atoms with van der Waals surface area (Å²) in [6, 6.07) is 0. The molecule has 14 heavy (non-hydrogen) atoms. The molecule has 1 saturated carbocycles. The van der Waals surface area contributed by atoms with Crippen molar-refractivity contribution in [2.24, 2.45) is 11.8 Å². The van der Waals surface area contributed by atoms with E-state index in [0.29, 0.717) is 11.8 Å². The quantitative estimate of drug-likeness (QED) is 0.679. The van der Waals surface area contributed by atoms with Crippen LogP contribution in [-0.4, -0.2) is 17.0 Å². The lowest BCUT2D eigenvalue weighted by molar-refractivity contribution is -0.205. The van der Waals surface area contributed by atoms with Gasteiger partial charge in [-0.15, -0.1) is 0 Å². The van der Waals surface area contributed by atoms with Crippen molar-refractivity contribution in [1.29, 1.82) is 0 Å². The lowest BCUT2D eigenvalue weighted by atomic mass is 9.99. The largest absolute Gasteiger partial charge is 0.341 e. The van der Waals surface area contributed by atoms with Gasteiger partial charge in [0.15, 0.2) is 5.79 Å². The summed E-state index contributed by atoms with van der Waals surface area (Å²) in [5.74, 6) is 0.849. The fourth-order valence-electron chi connectivity index (χ4n) is 3.47. The fourth-order valence-corrected chi connectivity index (χ4v) is 3.47. The average molecular weight is 198 g/mol. The number of ether oxygens (including phenoxy) is 2. The molecule has 0 radical (unpaired) electrons. The van der Waals surface area contributed by atoms with Gasteiger partial charge in [-0.25, -0.2) is 0 Å². The molecule has 0 bridgehead atoms. The third kappa shape index (κ3) is 1.04. The fraction of sp³-hybridized carbons (Fsp3) is 1.00. The van der Waals surface area contributed by atoms with Crippen molar-refractivity contribution in [3.05, 3.63) is 0 Å². The monoisotopic (exact) mass is 198 g/mol. The Bertz CT molecular complexity index is 241. The Morgan fingerprint density at radius 3 is 1.86 bits per heavy atom. The Morgan fingerprint density at radius 2 is 1.50 bits per heavy atom. The van der Waals surface area contributed by atoms with Crippen LogP contribution in [0.25, 0.3) is 0 Å². The zero-order valence-electron chi connectivity index (χ0n) is 10.2. The second-order valence-electron chi connectivity index (χ2n) is 5.68. The van der Waals surface area contributed by atoms with E-state index in [2.05, 4.69) is 27.7 Å². The molecular weight excluding hydrogens is 176 g/mol. The maximum atomic E-state index is 6.03. The second kappa shape index (κ2) is 2.53. The molecule has 3 atom stereocenters. The van der Waals surface area contributed by atoms with E-state index in [-0.39, 0.29) is 11.2 Å². The Kier molecular flexibility index (Phi) is 1.89. The highest BCUT2D eigenvalue weighted by molar-refractivity contribution is 5.27. The minimum Gasteiger partial charge on any atom is -0.341 e. The molecule has 1 aliphatic carbocycles. The molecule has 2 fully saturated rings. The zero-order chi connectivity index (χ0) is 10.8. The van der Waals surface area contributed by atoms with Gasteiger partial charge in [-0.05, 0) is 33.6 Å². The van der Waals surface area contributed by atoms with Crippen molar-refractivity contribution in [2.45, 2.75) is 65.0 Å². The van der Waals surface area contributed by atoms with E-state index in [1.165, 1.54) is 6.42 Å². The normalized spacial score (nSPS) is 51.4. The van der Waals surface area contributed by atoms with Gasteiger partial charge in [0.2, 0.25) is 0 Å². The second-order valence-corrected chi connectivity index (χ2v) is 5.68. The van der Waals surface area contributed by atoms with Crippen LogP contribution >= 0.6 is 0 Å². The standard InChI is InChI=1S/C12H22O2/c1-7-8(2)9-11(5)12(9,6)14-10(3,4)13-11/h8-9H,7H2,1-6H3. The van der Waals surface area contributed by atoms with Gasteiger partial charge in [0.1, 0.15) is 11.2 Å². The third-order valence-corrected chi connectivity index (χ3v) is 4.22. The molecule has 82 valence electrons. The summed E-state index contributed by atoms with van der Waals surface area (Å²) >= 11 is 0. The summed E-state index contributed by atoms with van der Waals surface area (Å²) < 4.78 is 12.1. The number of fused-ring (bicyclic) bond motifs is 1. The molecule has 1 aliphatic heterocycles. The van der Waals surface area contributed by atoms with Crippen molar-refractivity contribution in [2.75, 3.05) is 0 Å². The minimum absolute atomic E-state index is 0.0497. The molecule has 0 aromatic heterocycles. The Labute approximate surface area is 87.0 Å². The zero-order valence-corrected chi connectivity index (χ0v) is 10.2. The van der Waals surface area contributed by atoms with E-state index in [1.54, 1.807) is 0 Å².